The zero-order valence-corrected chi connectivity index (χ0v) is 11.4. The second kappa shape index (κ2) is 4.72. The summed E-state index contributed by atoms with van der Waals surface area (Å²) in [5, 5.41) is 3.43. The maximum atomic E-state index is 4.38. The van der Waals surface area contributed by atoms with Gasteiger partial charge in [0.1, 0.15) is 10.4 Å². The largest absolute Gasteiger partial charge is 0.368 e. The molecular weight excluding hydrogens is 266 g/mol. The summed E-state index contributed by atoms with van der Waals surface area (Å²) in [5.41, 5.74) is 0.337. The second-order valence-corrected chi connectivity index (χ2v) is 5.48. The number of hydrogen-bond acceptors (Lipinski definition) is 3. The number of rotatable bonds is 4. The van der Waals surface area contributed by atoms with Crippen LogP contribution in [0.2, 0.25) is 0 Å². The molecule has 0 saturated heterocycles. The molecule has 1 fully saturated rings. The third-order valence-electron chi connectivity index (χ3n) is 3.55. The summed E-state index contributed by atoms with van der Waals surface area (Å²) in [7, 11) is 4.32. The van der Waals surface area contributed by atoms with E-state index in [0.717, 1.165) is 17.0 Å². The van der Waals surface area contributed by atoms with Gasteiger partial charge in [-0.25, -0.2) is 4.98 Å². The maximum Gasteiger partial charge on any atom is 0.127 e. The molecule has 1 aromatic rings. The lowest BCUT2D eigenvalue weighted by atomic mass is 9.75. The van der Waals surface area contributed by atoms with Crippen molar-refractivity contribution in [3.05, 3.63) is 22.8 Å². The number of nitrogens with one attached hydrogen (secondary N) is 1. The normalized spacial score (nSPS) is 18.2. The lowest BCUT2D eigenvalue weighted by molar-refractivity contribution is 0.0738. The first kappa shape index (κ1) is 11.9. The highest BCUT2D eigenvalue weighted by Crippen LogP contribution is 2.36. The molecule has 88 valence electrons. The van der Waals surface area contributed by atoms with Crippen molar-refractivity contribution < 1.29 is 0 Å². The van der Waals surface area contributed by atoms with Gasteiger partial charge in [0.15, 0.2) is 0 Å². The van der Waals surface area contributed by atoms with E-state index < -0.39 is 0 Å². The highest BCUT2D eigenvalue weighted by molar-refractivity contribution is 9.10. The van der Waals surface area contributed by atoms with Gasteiger partial charge in [-0.3, -0.25) is 0 Å². The highest BCUT2D eigenvalue weighted by Gasteiger charge is 2.38. The van der Waals surface area contributed by atoms with Crippen molar-refractivity contribution in [2.75, 3.05) is 26.0 Å². The molecule has 0 radical (unpaired) electrons. The van der Waals surface area contributed by atoms with Gasteiger partial charge in [-0.1, -0.05) is 6.07 Å². The Morgan fingerprint density at radius 3 is 2.69 bits per heavy atom. The van der Waals surface area contributed by atoms with Crippen LogP contribution < -0.4 is 5.32 Å². The number of hydrogen-bond donors (Lipinski definition) is 1. The number of nitrogens with zero attached hydrogens (tertiary/aromatic N) is 2. The Bertz CT molecular complexity index is 361. The third kappa shape index (κ3) is 2.38. The summed E-state index contributed by atoms with van der Waals surface area (Å²) >= 11 is 3.38. The number of pyridine rings is 1. The average Bonchev–Trinajstić information content (AvgIpc) is 2.15. The van der Waals surface area contributed by atoms with Gasteiger partial charge >= 0.3 is 0 Å². The Morgan fingerprint density at radius 1 is 1.44 bits per heavy atom. The number of likely N-dealkylation sites (N-methyl/N-ethyl adjacent to an activating group) is 1. The molecule has 3 nitrogen and oxygen atoms in total. The van der Waals surface area contributed by atoms with Crippen LogP contribution in [0.1, 0.15) is 19.3 Å². The molecule has 0 bridgehead atoms. The zero-order valence-electron chi connectivity index (χ0n) is 9.83. The van der Waals surface area contributed by atoms with Gasteiger partial charge in [-0.15, -0.1) is 0 Å². The Hall–Kier alpha value is -0.610. The van der Waals surface area contributed by atoms with E-state index in [-0.39, 0.29) is 0 Å². The predicted molar refractivity (Wildman–Crippen MR) is 70.7 cm³/mol. The molecule has 0 aliphatic heterocycles. The lowest BCUT2D eigenvalue weighted by Crippen LogP contribution is -2.54. The molecule has 1 saturated carbocycles. The van der Waals surface area contributed by atoms with Gasteiger partial charge in [0, 0.05) is 12.1 Å². The smallest absolute Gasteiger partial charge is 0.127 e. The second-order valence-electron chi connectivity index (χ2n) is 4.67. The van der Waals surface area contributed by atoms with Crippen molar-refractivity contribution >= 4 is 21.7 Å². The molecule has 1 aliphatic carbocycles. The Balaban J connectivity index is 1.96. The summed E-state index contributed by atoms with van der Waals surface area (Å²) in [4.78, 5) is 6.72. The molecule has 0 aromatic carbocycles. The van der Waals surface area contributed by atoms with E-state index in [1.54, 1.807) is 0 Å². The predicted octanol–water partition coefficient (Wildman–Crippen LogP) is 2.74. The molecule has 1 aliphatic rings. The fraction of sp³-hybridized carbons (Fsp3) is 0.583. The van der Waals surface area contributed by atoms with Gasteiger partial charge in [0.05, 0.1) is 0 Å². The van der Waals surface area contributed by atoms with E-state index in [9.17, 15) is 0 Å². The average molecular weight is 284 g/mol. The number of halogens is 1. The van der Waals surface area contributed by atoms with Crippen LogP contribution in [0.25, 0.3) is 0 Å². The van der Waals surface area contributed by atoms with E-state index in [1.807, 2.05) is 18.2 Å². The summed E-state index contributed by atoms with van der Waals surface area (Å²) in [6.45, 7) is 0.976. The lowest BCUT2D eigenvalue weighted by Gasteiger charge is -2.47. The molecule has 1 N–H and O–H groups in total. The zero-order chi connectivity index (χ0) is 11.6. The number of anilines is 1. The van der Waals surface area contributed by atoms with Crippen molar-refractivity contribution in [2.45, 2.75) is 24.8 Å². The van der Waals surface area contributed by atoms with Crippen LogP contribution in [0.4, 0.5) is 5.82 Å². The van der Waals surface area contributed by atoms with Crippen LogP contribution >= 0.6 is 15.9 Å². The minimum atomic E-state index is 0.337. The first-order valence-corrected chi connectivity index (χ1v) is 6.46. The van der Waals surface area contributed by atoms with Crippen LogP contribution in [0.15, 0.2) is 22.8 Å². The van der Waals surface area contributed by atoms with Crippen molar-refractivity contribution in [2.24, 2.45) is 0 Å². The van der Waals surface area contributed by atoms with Crippen molar-refractivity contribution in [3.63, 3.8) is 0 Å². The molecule has 1 heterocycles. The standard InChI is InChI=1S/C12H18BrN3/c1-16(2)12(7-4-8-12)9-14-11-6-3-5-10(13)15-11/h3,5-6H,4,7-9H2,1-2H3,(H,14,15). The topological polar surface area (TPSA) is 28.2 Å². The van der Waals surface area contributed by atoms with Gasteiger partial charge in [-0.2, -0.15) is 0 Å². The van der Waals surface area contributed by atoms with E-state index in [4.69, 9.17) is 0 Å². The van der Waals surface area contributed by atoms with E-state index in [0.29, 0.717) is 5.54 Å². The first-order chi connectivity index (χ1) is 7.62. The van der Waals surface area contributed by atoms with Gasteiger partial charge in [-0.05, 0) is 61.4 Å². The minimum Gasteiger partial charge on any atom is -0.368 e. The molecule has 0 unspecified atom stereocenters. The Morgan fingerprint density at radius 2 is 2.19 bits per heavy atom. The van der Waals surface area contributed by atoms with Crippen molar-refractivity contribution in [1.82, 2.24) is 9.88 Å². The maximum absolute atomic E-state index is 4.38. The Kier molecular flexibility index (Phi) is 3.50. The third-order valence-corrected chi connectivity index (χ3v) is 3.99. The molecule has 1 aromatic heterocycles. The highest BCUT2D eigenvalue weighted by atomic mass is 79.9. The van der Waals surface area contributed by atoms with Gasteiger partial charge in [0.25, 0.3) is 0 Å². The summed E-state index contributed by atoms with van der Waals surface area (Å²) in [6, 6.07) is 5.95. The summed E-state index contributed by atoms with van der Waals surface area (Å²) in [6.07, 6.45) is 3.90. The van der Waals surface area contributed by atoms with E-state index >= 15 is 0 Å². The molecule has 4 heteroatoms. The van der Waals surface area contributed by atoms with Crippen molar-refractivity contribution in [3.8, 4) is 0 Å². The molecule has 16 heavy (non-hydrogen) atoms. The molecule has 0 atom stereocenters. The van der Waals surface area contributed by atoms with Crippen LogP contribution in [0.5, 0.6) is 0 Å². The fourth-order valence-corrected chi connectivity index (χ4v) is 2.47. The number of aromatic nitrogens is 1. The van der Waals surface area contributed by atoms with E-state index in [1.165, 1.54) is 19.3 Å². The molecule has 2 rings (SSSR count). The minimum absolute atomic E-state index is 0.337. The van der Waals surface area contributed by atoms with Crippen LogP contribution in [-0.4, -0.2) is 36.1 Å². The van der Waals surface area contributed by atoms with Crippen LogP contribution in [-0.2, 0) is 0 Å². The monoisotopic (exact) mass is 283 g/mol. The van der Waals surface area contributed by atoms with Gasteiger partial charge in [0.2, 0.25) is 0 Å². The first-order valence-electron chi connectivity index (χ1n) is 5.66. The van der Waals surface area contributed by atoms with Crippen LogP contribution in [0.3, 0.4) is 0 Å². The quantitative estimate of drug-likeness (QED) is 0.862. The van der Waals surface area contributed by atoms with Crippen LogP contribution in [0, 0.1) is 0 Å². The SMILES string of the molecule is CN(C)C1(CNc2cccc(Br)n2)CCC1. The Labute approximate surface area is 105 Å². The van der Waals surface area contributed by atoms with Gasteiger partial charge < -0.3 is 10.2 Å². The fourth-order valence-electron chi connectivity index (χ4n) is 2.13. The summed E-state index contributed by atoms with van der Waals surface area (Å²) in [5.74, 6) is 0.947. The van der Waals surface area contributed by atoms with E-state index in [2.05, 4.69) is 45.2 Å². The van der Waals surface area contributed by atoms with Crippen molar-refractivity contribution in [1.29, 1.82) is 0 Å². The molecule has 0 amide bonds. The molecular formula is C12H18BrN3. The summed E-state index contributed by atoms with van der Waals surface area (Å²) < 4.78 is 0.880. The molecule has 0 spiro atoms.